The lowest BCUT2D eigenvalue weighted by molar-refractivity contribution is 0.0948. The van der Waals surface area contributed by atoms with E-state index in [2.05, 4.69) is 10.5 Å². The fraction of sp³-hybridized carbons (Fsp3) is 0.118. The van der Waals surface area contributed by atoms with Gasteiger partial charge in [0, 0.05) is 17.3 Å². The van der Waals surface area contributed by atoms with Crippen LogP contribution in [0.2, 0.25) is 0 Å². The summed E-state index contributed by atoms with van der Waals surface area (Å²) in [5, 5.41) is 16.2. The van der Waals surface area contributed by atoms with E-state index in [4.69, 9.17) is 14.5 Å². The number of hydrogen-bond donors (Lipinski definition) is 3. The van der Waals surface area contributed by atoms with Gasteiger partial charge in [-0.3, -0.25) is 14.8 Å². The summed E-state index contributed by atoms with van der Waals surface area (Å²) in [6, 6.07) is 14.6. The maximum Gasteiger partial charge on any atom is 0.310 e. The van der Waals surface area contributed by atoms with Crippen molar-refractivity contribution in [2.24, 2.45) is 0 Å². The van der Waals surface area contributed by atoms with E-state index in [1.807, 2.05) is 36.4 Å². The molecule has 0 unspecified atom stereocenters. The molecule has 0 atom stereocenters. The molecule has 26 heavy (non-hydrogen) atoms. The molecular formula is C17H15N3O5S. The molecule has 0 spiro atoms. The van der Waals surface area contributed by atoms with Gasteiger partial charge in [-0.05, 0) is 22.0 Å². The van der Waals surface area contributed by atoms with Crippen molar-refractivity contribution in [3.63, 3.8) is 0 Å². The lowest BCUT2D eigenvalue weighted by atomic mass is 10.0. The molecule has 0 bridgehead atoms. The van der Waals surface area contributed by atoms with E-state index in [0.717, 1.165) is 10.8 Å². The SMILES string of the molecule is O=C(NO)Sc1cc(OCCNC(=O)c2cccc3ccccc23)no1. The number of carbonyl (C=O) groups is 2. The third-order valence-electron chi connectivity index (χ3n) is 3.42. The predicted octanol–water partition coefficient (Wildman–Crippen LogP) is 2.83. The zero-order valence-corrected chi connectivity index (χ0v) is 14.3. The minimum atomic E-state index is -0.699. The summed E-state index contributed by atoms with van der Waals surface area (Å²) in [6.45, 7) is 0.452. The van der Waals surface area contributed by atoms with Crippen LogP contribution in [-0.4, -0.2) is 34.7 Å². The van der Waals surface area contributed by atoms with Crippen LogP contribution < -0.4 is 15.5 Å². The molecule has 0 fully saturated rings. The summed E-state index contributed by atoms with van der Waals surface area (Å²) in [5.74, 6) is -0.0148. The van der Waals surface area contributed by atoms with Crippen molar-refractivity contribution in [1.82, 2.24) is 16.0 Å². The van der Waals surface area contributed by atoms with Gasteiger partial charge in [-0.25, -0.2) is 5.48 Å². The van der Waals surface area contributed by atoms with E-state index in [-0.39, 0.29) is 30.0 Å². The van der Waals surface area contributed by atoms with Crippen molar-refractivity contribution in [1.29, 1.82) is 0 Å². The van der Waals surface area contributed by atoms with Crippen LogP contribution >= 0.6 is 11.8 Å². The molecule has 0 saturated carbocycles. The van der Waals surface area contributed by atoms with Crippen LogP contribution in [0.15, 0.2) is 58.1 Å². The molecule has 3 aromatic rings. The van der Waals surface area contributed by atoms with Crippen molar-refractivity contribution in [2.75, 3.05) is 13.2 Å². The van der Waals surface area contributed by atoms with Gasteiger partial charge >= 0.3 is 5.24 Å². The van der Waals surface area contributed by atoms with E-state index >= 15 is 0 Å². The second-order valence-corrected chi connectivity index (χ2v) is 6.09. The largest absolute Gasteiger partial charge is 0.474 e. The number of nitrogens with zero attached hydrogens (tertiary/aromatic N) is 1. The highest BCUT2D eigenvalue weighted by atomic mass is 32.2. The molecule has 9 heteroatoms. The Hall–Kier alpha value is -3.04. The standard InChI is InChI=1S/C17H15N3O5S/c21-16(13-7-3-5-11-4-1-2-6-12(11)13)18-8-9-24-14-10-15(25-20-14)26-17(22)19-23/h1-7,10,23H,8-9H2,(H,18,21)(H,19,22). The van der Waals surface area contributed by atoms with Crippen molar-refractivity contribution in [2.45, 2.75) is 5.09 Å². The number of hydrogen-bond acceptors (Lipinski definition) is 7. The second-order valence-electron chi connectivity index (χ2n) is 5.12. The number of hydroxylamine groups is 1. The summed E-state index contributed by atoms with van der Waals surface area (Å²) < 4.78 is 10.2. The normalized spacial score (nSPS) is 10.5. The lowest BCUT2D eigenvalue weighted by Crippen LogP contribution is -2.28. The molecule has 0 radical (unpaired) electrons. The first-order valence-corrected chi connectivity index (χ1v) is 8.46. The minimum absolute atomic E-state index is 0.173. The molecule has 0 saturated heterocycles. The molecular weight excluding hydrogens is 358 g/mol. The zero-order chi connectivity index (χ0) is 18.4. The summed E-state index contributed by atoms with van der Waals surface area (Å²) in [6.07, 6.45) is 0. The van der Waals surface area contributed by atoms with E-state index in [1.54, 1.807) is 6.07 Å². The average Bonchev–Trinajstić information content (AvgIpc) is 3.11. The molecule has 3 rings (SSSR count). The topological polar surface area (TPSA) is 114 Å². The molecule has 8 nitrogen and oxygen atoms in total. The van der Waals surface area contributed by atoms with Gasteiger partial charge in [0.25, 0.3) is 11.8 Å². The number of benzene rings is 2. The van der Waals surface area contributed by atoms with Gasteiger partial charge in [-0.15, -0.1) is 0 Å². The monoisotopic (exact) mass is 373 g/mol. The van der Waals surface area contributed by atoms with Crippen molar-refractivity contribution in [3.05, 3.63) is 54.1 Å². The van der Waals surface area contributed by atoms with Gasteiger partial charge in [0.1, 0.15) is 6.61 Å². The van der Waals surface area contributed by atoms with Gasteiger partial charge in [0.15, 0.2) is 0 Å². The fourth-order valence-electron chi connectivity index (χ4n) is 2.31. The molecule has 134 valence electrons. The predicted molar refractivity (Wildman–Crippen MR) is 94.5 cm³/mol. The van der Waals surface area contributed by atoms with E-state index in [1.165, 1.54) is 11.5 Å². The van der Waals surface area contributed by atoms with Crippen LogP contribution in [-0.2, 0) is 0 Å². The summed E-state index contributed by atoms with van der Waals surface area (Å²) in [4.78, 5) is 23.3. The first-order chi connectivity index (χ1) is 12.7. The highest BCUT2D eigenvalue weighted by molar-refractivity contribution is 8.13. The third kappa shape index (κ3) is 4.32. The van der Waals surface area contributed by atoms with Crippen LogP contribution in [0.3, 0.4) is 0 Å². The van der Waals surface area contributed by atoms with E-state index in [0.29, 0.717) is 17.3 Å². The Labute approximate surface area is 152 Å². The average molecular weight is 373 g/mol. The lowest BCUT2D eigenvalue weighted by Gasteiger charge is -2.08. The van der Waals surface area contributed by atoms with Gasteiger partial charge in [-0.2, -0.15) is 0 Å². The summed E-state index contributed by atoms with van der Waals surface area (Å²) in [7, 11) is 0. The Morgan fingerprint density at radius 2 is 2.00 bits per heavy atom. The number of fused-ring (bicyclic) bond motifs is 1. The van der Waals surface area contributed by atoms with E-state index < -0.39 is 5.24 Å². The molecule has 2 aromatic carbocycles. The maximum atomic E-state index is 12.4. The minimum Gasteiger partial charge on any atom is -0.474 e. The summed E-state index contributed by atoms with van der Waals surface area (Å²) in [5.41, 5.74) is 2.06. The molecule has 0 aliphatic heterocycles. The van der Waals surface area contributed by atoms with Gasteiger partial charge in [-0.1, -0.05) is 36.4 Å². The first kappa shape index (κ1) is 17.8. The van der Waals surface area contributed by atoms with Crippen LogP contribution in [0.1, 0.15) is 10.4 Å². The van der Waals surface area contributed by atoms with Crippen LogP contribution in [0.5, 0.6) is 5.88 Å². The molecule has 0 aliphatic carbocycles. The van der Waals surface area contributed by atoms with Gasteiger partial charge < -0.3 is 14.6 Å². The molecule has 0 aliphatic rings. The molecule has 1 heterocycles. The third-order valence-corrected chi connectivity index (χ3v) is 4.09. The van der Waals surface area contributed by atoms with Crippen molar-refractivity contribution < 1.29 is 24.1 Å². The van der Waals surface area contributed by atoms with E-state index in [9.17, 15) is 9.59 Å². The quantitative estimate of drug-likeness (QED) is 0.263. The van der Waals surface area contributed by atoms with Crippen molar-refractivity contribution in [3.8, 4) is 5.88 Å². The van der Waals surface area contributed by atoms with Gasteiger partial charge in [0.2, 0.25) is 5.09 Å². The number of amides is 2. The zero-order valence-electron chi connectivity index (χ0n) is 13.5. The fourth-order valence-corrected chi connectivity index (χ4v) is 2.78. The molecule has 3 N–H and O–H groups in total. The number of thioether (sulfide) groups is 1. The summed E-state index contributed by atoms with van der Waals surface area (Å²) >= 11 is 0.628. The number of nitrogens with one attached hydrogen (secondary N) is 2. The van der Waals surface area contributed by atoms with Crippen LogP contribution in [0.25, 0.3) is 10.8 Å². The molecule has 2 amide bonds. The molecule has 1 aromatic heterocycles. The number of rotatable bonds is 6. The van der Waals surface area contributed by atoms with Gasteiger partial charge in [0.05, 0.1) is 12.6 Å². The number of aromatic nitrogens is 1. The van der Waals surface area contributed by atoms with Crippen molar-refractivity contribution >= 4 is 33.7 Å². The Bertz CT molecular complexity index is 922. The maximum absolute atomic E-state index is 12.4. The Kier molecular flexibility index (Phi) is 5.72. The highest BCUT2D eigenvalue weighted by Gasteiger charge is 2.11. The Balaban J connectivity index is 1.50. The Morgan fingerprint density at radius 3 is 2.85 bits per heavy atom. The highest BCUT2D eigenvalue weighted by Crippen LogP contribution is 2.22. The number of ether oxygens (including phenoxy) is 1. The Morgan fingerprint density at radius 1 is 1.19 bits per heavy atom. The smallest absolute Gasteiger partial charge is 0.310 e. The first-order valence-electron chi connectivity index (χ1n) is 7.65. The second kappa shape index (κ2) is 8.37. The number of carbonyl (C=O) groups excluding carboxylic acids is 2. The van der Waals surface area contributed by atoms with Crippen LogP contribution in [0, 0.1) is 0 Å². The van der Waals surface area contributed by atoms with Crippen LogP contribution in [0.4, 0.5) is 4.79 Å².